The molecule has 2 aromatic carbocycles. The molecule has 0 atom stereocenters. The van der Waals surface area contributed by atoms with Crippen molar-refractivity contribution in [3.63, 3.8) is 0 Å². The van der Waals surface area contributed by atoms with Crippen LogP contribution in [-0.2, 0) is 6.54 Å². The highest BCUT2D eigenvalue weighted by Crippen LogP contribution is 2.33. The first-order chi connectivity index (χ1) is 15.5. The van der Waals surface area contributed by atoms with E-state index in [4.69, 9.17) is 27.7 Å². The van der Waals surface area contributed by atoms with Crippen LogP contribution in [0.25, 0.3) is 22.4 Å². The Morgan fingerprint density at radius 3 is 2.66 bits per heavy atom. The summed E-state index contributed by atoms with van der Waals surface area (Å²) in [7, 11) is 0. The van der Waals surface area contributed by atoms with Crippen LogP contribution in [-0.4, -0.2) is 30.5 Å². The van der Waals surface area contributed by atoms with E-state index >= 15 is 0 Å². The van der Waals surface area contributed by atoms with Gasteiger partial charge in [-0.15, -0.1) is 0 Å². The first-order valence-electron chi connectivity index (χ1n) is 9.69. The number of ketones is 1. The van der Waals surface area contributed by atoms with Crippen LogP contribution in [0.5, 0.6) is 0 Å². The molecule has 0 bridgehead atoms. The Hall–Kier alpha value is -3.55. The Labute approximate surface area is 192 Å². The van der Waals surface area contributed by atoms with Gasteiger partial charge in [-0.25, -0.2) is 9.97 Å². The number of hydrogen-bond acceptors (Lipinski definition) is 6. The van der Waals surface area contributed by atoms with E-state index < -0.39 is 5.78 Å². The molecule has 0 spiro atoms. The lowest BCUT2D eigenvalue weighted by Crippen LogP contribution is -2.04. The number of fused-ring (bicyclic) bond motifs is 1. The van der Waals surface area contributed by atoms with Crippen LogP contribution in [0.2, 0.25) is 10.2 Å². The maximum Gasteiger partial charge on any atom is 0.299 e. The van der Waals surface area contributed by atoms with Crippen molar-refractivity contribution in [2.45, 2.75) is 13.5 Å². The summed E-state index contributed by atoms with van der Waals surface area (Å²) in [4.78, 5) is 25.6. The fraction of sp³-hybridized carbons (Fsp3) is 0.0870. The summed E-state index contributed by atoms with van der Waals surface area (Å²) in [6.45, 7) is 2.43. The molecule has 158 valence electrons. The minimum Gasteiger partial charge on any atom is -0.330 e. The number of aromatic nitrogens is 5. The fourth-order valence-electron chi connectivity index (χ4n) is 3.53. The maximum absolute atomic E-state index is 13.4. The van der Waals surface area contributed by atoms with Crippen LogP contribution < -0.4 is 0 Å². The molecule has 0 aliphatic heterocycles. The van der Waals surface area contributed by atoms with Crippen LogP contribution >= 0.6 is 23.2 Å². The topological polar surface area (TPSA) is 86.7 Å². The Kier molecular flexibility index (Phi) is 5.20. The average molecular weight is 464 g/mol. The number of aryl methyl sites for hydroxylation is 1. The third-order valence-corrected chi connectivity index (χ3v) is 5.71. The largest absolute Gasteiger partial charge is 0.330 e. The molecule has 0 N–H and O–H groups in total. The molecule has 0 aliphatic carbocycles. The number of benzene rings is 2. The van der Waals surface area contributed by atoms with Crippen molar-refractivity contribution in [3.8, 4) is 11.5 Å². The van der Waals surface area contributed by atoms with Gasteiger partial charge in [0, 0.05) is 23.2 Å². The van der Waals surface area contributed by atoms with Crippen molar-refractivity contribution < 1.29 is 9.32 Å². The van der Waals surface area contributed by atoms with Crippen molar-refractivity contribution in [2.24, 2.45) is 0 Å². The maximum atomic E-state index is 13.4. The molecule has 3 aromatic heterocycles. The van der Waals surface area contributed by atoms with Gasteiger partial charge in [-0.2, -0.15) is 4.98 Å². The highest BCUT2D eigenvalue weighted by Gasteiger charge is 2.27. The van der Waals surface area contributed by atoms with Crippen LogP contribution in [0, 0.1) is 6.92 Å². The molecule has 0 aliphatic rings. The van der Waals surface area contributed by atoms with E-state index in [1.54, 1.807) is 12.3 Å². The third-order valence-electron chi connectivity index (χ3n) is 5.07. The Bertz CT molecular complexity index is 1440. The second-order valence-corrected chi connectivity index (χ2v) is 8.04. The smallest absolute Gasteiger partial charge is 0.299 e. The van der Waals surface area contributed by atoms with Gasteiger partial charge >= 0.3 is 0 Å². The molecule has 0 unspecified atom stereocenters. The number of rotatable bonds is 5. The minimum atomic E-state index is -0.451. The molecule has 0 radical (unpaired) electrons. The van der Waals surface area contributed by atoms with Gasteiger partial charge in [0.15, 0.2) is 0 Å². The molecule has 0 saturated carbocycles. The zero-order valence-electron chi connectivity index (χ0n) is 16.8. The lowest BCUT2D eigenvalue weighted by atomic mass is 10.1. The van der Waals surface area contributed by atoms with Crippen molar-refractivity contribution in [1.82, 2.24) is 24.7 Å². The lowest BCUT2D eigenvalue weighted by molar-refractivity contribution is 0.0995. The highest BCUT2D eigenvalue weighted by molar-refractivity contribution is 6.36. The molecule has 0 saturated heterocycles. The van der Waals surface area contributed by atoms with Gasteiger partial charge in [0.05, 0.1) is 11.1 Å². The summed E-state index contributed by atoms with van der Waals surface area (Å²) in [5.74, 6) is -0.409. The molecule has 9 heteroatoms. The third kappa shape index (κ3) is 3.66. The first kappa shape index (κ1) is 20.4. The molecular weight excluding hydrogens is 449 g/mol. The van der Waals surface area contributed by atoms with Gasteiger partial charge < -0.3 is 9.09 Å². The van der Waals surface area contributed by atoms with Crippen molar-refractivity contribution in [2.75, 3.05) is 0 Å². The molecule has 0 fully saturated rings. The normalized spacial score (nSPS) is 11.2. The lowest BCUT2D eigenvalue weighted by Gasteiger charge is -2.08. The van der Waals surface area contributed by atoms with Crippen LogP contribution in [0.3, 0.4) is 0 Å². The van der Waals surface area contributed by atoms with Crippen LogP contribution in [0.15, 0.2) is 65.6 Å². The number of halogens is 2. The van der Waals surface area contributed by atoms with E-state index in [-0.39, 0.29) is 11.7 Å². The van der Waals surface area contributed by atoms with Crippen molar-refractivity contribution in [3.05, 3.63) is 93.8 Å². The molecule has 5 aromatic rings. The van der Waals surface area contributed by atoms with Crippen LogP contribution in [0.4, 0.5) is 0 Å². The minimum absolute atomic E-state index is 0.160. The highest BCUT2D eigenvalue weighted by atomic mass is 35.5. The summed E-state index contributed by atoms with van der Waals surface area (Å²) in [6.07, 6.45) is 2.93. The number of hydrogen-bond donors (Lipinski definition) is 0. The van der Waals surface area contributed by atoms with Crippen molar-refractivity contribution >= 4 is 39.9 Å². The Morgan fingerprint density at radius 1 is 1.09 bits per heavy atom. The van der Waals surface area contributed by atoms with Gasteiger partial charge in [0.1, 0.15) is 17.2 Å². The zero-order chi connectivity index (χ0) is 22.2. The first-order valence-corrected chi connectivity index (χ1v) is 10.4. The number of carbonyl (C=O) groups excluding carboxylic acids is 1. The van der Waals surface area contributed by atoms with Gasteiger partial charge in [-0.1, -0.05) is 52.1 Å². The molecule has 0 amide bonds. The Balaban J connectivity index is 1.60. The predicted octanol–water partition coefficient (Wildman–Crippen LogP) is 5.38. The summed E-state index contributed by atoms with van der Waals surface area (Å²) < 4.78 is 7.14. The number of carbonyl (C=O) groups is 1. The second-order valence-electron chi connectivity index (χ2n) is 7.25. The van der Waals surface area contributed by atoms with E-state index in [9.17, 15) is 4.79 Å². The molecular formula is C23H15Cl2N5O2. The molecule has 7 nitrogen and oxygen atoms in total. The van der Waals surface area contributed by atoms with Crippen LogP contribution in [0.1, 0.15) is 27.4 Å². The van der Waals surface area contributed by atoms with Gasteiger partial charge in [-0.3, -0.25) is 4.79 Å². The monoisotopic (exact) mass is 463 g/mol. The summed E-state index contributed by atoms with van der Waals surface area (Å²) in [5.41, 5.74) is 3.59. The van der Waals surface area contributed by atoms with E-state index in [1.165, 1.54) is 6.33 Å². The molecule has 3 heterocycles. The Morgan fingerprint density at radius 2 is 1.91 bits per heavy atom. The van der Waals surface area contributed by atoms with Gasteiger partial charge in [0.2, 0.25) is 5.82 Å². The molecule has 5 rings (SSSR count). The van der Waals surface area contributed by atoms with Crippen molar-refractivity contribution in [1.29, 1.82) is 0 Å². The van der Waals surface area contributed by atoms with Gasteiger partial charge in [0.25, 0.3) is 11.7 Å². The van der Waals surface area contributed by atoms with E-state index in [1.807, 2.05) is 54.0 Å². The zero-order valence-corrected chi connectivity index (χ0v) is 18.3. The number of nitrogens with zero attached hydrogens (tertiary/aromatic N) is 5. The van der Waals surface area contributed by atoms with E-state index in [0.717, 1.165) is 22.0 Å². The quantitative estimate of drug-likeness (QED) is 0.325. The predicted molar refractivity (Wildman–Crippen MR) is 121 cm³/mol. The van der Waals surface area contributed by atoms with Gasteiger partial charge in [-0.05, 0) is 42.8 Å². The average Bonchev–Trinajstić information content (AvgIpc) is 3.39. The molecule has 32 heavy (non-hydrogen) atoms. The SMILES string of the molecule is Cc1ccc2c(c1)c(C(=O)c1nc(-c3ccncn3)no1)c(Cl)n2Cc1ccc(Cl)cc1. The fourth-order valence-corrected chi connectivity index (χ4v) is 3.99. The summed E-state index contributed by atoms with van der Waals surface area (Å²) in [5, 5.41) is 5.55. The summed E-state index contributed by atoms with van der Waals surface area (Å²) >= 11 is 12.8. The van der Waals surface area contributed by atoms with E-state index in [2.05, 4.69) is 20.1 Å². The summed E-state index contributed by atoms with van der Waals surface area (Å²) in [6, 6.07) is 15.0. The van der Waals surface area contributed by atoms with E-state index in [0.29, 0.717) is 28.0 Å². The second kappa shape index (κ2) is 8.18. The standard InChI is InChI=1S/C23H15Cl2N5O2/c1-13-2-7-18-16(10-13)19(21(25)30(18)11-14-3-5-15(24)6-4-14)20(31)23-28-22(29-32-23)17-8-9-26-12-27-17/h2-10,12H,11H2,1H3.